The van der Waals surface area contributed by atoms with E-state index >= 15 is 0 Å². The zero-order valence-corrected chi connectivity index (χ0v) is 15.8. The van der Waals surface area contributed by atoms with Gasteiger partial charge in [-0.1, -0.05) is 19.9 Å². The van der Waals surface area contributed by atoms with Crippen molar-refractivity contribution in [3.05, 3.63) is 53.9 Å². The average Bonchev–Trinajstić information content (AvgIpc) is 2.66. The van der Waals surface area contributed by atoms with Crippen LogP contribution in [0.25, 0.3) is 0 Å². The molecule has 0 bridgehead atoms. The standard InChI is InChI=1S/C21H27N3O2/c1-16(2)20-5-4-19(14-17(20)3)26-15-21(25)24-12-10-23(11-13-24)18-6-8-22-9-7-18/h4-9,14,16H,10-13,15H2,1-3H3. The summed E-state index contributed by atoms with van der Waals surface area (Å²) in [4.78, 5) is 20.7. The molecule has 0 spiro atoms. The molecule has 5 nitrogen and oxygen atoms in total. The lowest BCUT2D eigenvalue weighted by Gasteiger charge is -2.36. The van der Waals surface area contributed by atoms with Gasteiger partial charge in [0.05, 0.1) is 0 Å². The van der Waals surface area contributed by atoms with E-state index in [4.69, 9.17) is 4.74 Å². The van der Waals surface area contributed by atoms with Crippen molar-refractivity contribution in [3.8, 4) is 5.75 Å². The van der Waals surface area contributed by atoms with Crippen LogP contribution in [0.1, 0.15) is 30.9 Å². The van der Waals surface area contributed by atoms with E-state index in [1.165, 1.54) is 11.1 Å². The van der Waals surface area contributed by atoms with E-state index in [2.05, 4.69) is 36.7 Å². The molecule has 1 aliphatic heterocycles. The minimum atomic E-state index is 0.0463. The normalized spacial score (nSPS) is 14.6. The number of carbonyl (C=O) groups excluding carboxylic acids is 1. The minimum absolute atomic E-state index is 0.0463. The topological polar surface area (TPSA) is 45.7 Å². The van der Waals surface area contributed by atoms with Gasteiger partial charge < -0.3 is 14.5 Å². The molecule has 0 atom stereocenters. The summed E-state index contributed by atoms with van der Waals surface area (Å²) in [5.41, 5.74) is 3.68. The van der Waals surface area contributed by atoms with Gasteiger partial charge in [0.2, 0.25) is 0 Å². The van der Waals surface area contributed by atoms with Crippen LogP contribution >= 0.6 is 0 Å². The summed E-state index contributed by atoms with van der Waals surface area (Å²) in [7, 11) is 0. The number of carbonyl (C=O) groups is 1. The second-order valence-electron chi connectivity index (χ2n) is 7.04. The maximum atomic E-state index is 12.4. The summed E-state index contributed by atoms with van der Waals surface area (Å²) >= 11 is 0. The van der Waals surface area contributed by atoms with Gasteiger partial charge in [0.25, 0.3) is 5.91 Å². The molecule has 1 aromatic carbocycles. The van der Waals surface area contributed by atoms with Crippen molar-refractivity contribution in [3.63, 3.8) is 0 Å². The molecule has 3 rings (SSSR count). The van der Waals surface area contributed by atoms with Crippen LogP contribution in [-0.4, -0.2) is 48.6 Å². The Balaban J connectivity index is 1.50. The number of aromatic nitrogens is 1. The van der Waals surface area contributed by atoms with Crippen molar-refractivity contribution in [1.29, 1.82) is 0 Å². The van der Waals surface area contributed by atoms with Gasteiger partial charge in [-0.2, -0.15) is 0 Å². The van der Waals surface area contributed by atoms with Crippen molar-refractivity contribution in [1.82, 2.24) is 9.88 Å². The van der Waals surface area contributed by atoms with Crippen molar-refractivity contribution < 1.29 is 9.53 Å². The van der Waals surface area contributed by atoms with Gasteiger partial charge in [-0.15, -0.1) is 0 Å². The fraction of sp³-hybridized carbons (Fsp3) is 0.429. The van der Waals surface area contributed by atoms with Gasteiger partial charge in [0, 0.05) is 44.3 Å². The molecule has 2 aromatic rings. The molecule has 0 aliphatic carbocycles. The Morgan fingerprint density at radius 1 is 1.12 bits per heavy atom. The molecule has 0 unspecified atom stereocenters. The van der Waals surface area contributed by atoms with Crippen molar-refractivity contribution >= 4 is 11.6 Å². The Morgan fingerprint density at radius 2 is 1.81 bits per heavy atom. The van der Waals surface area contributed by atoms with E-state index in [1.807, 2.05) is 29.2 Å². The smallest absolute Gasteiger partial charge is 0.260 e. The molecular weight excluding hydrogens is 326 g/mol. The summed E-state index contributed by atoms with van der Waals surface area (Å²) in [6.45, 7) is 9.63. The zero-order chi connectivity index (χ0) is 18.5. The molecule has 138 valence electrons. The lowest BCUT2D eigenvalue weighted by Crippen LogP contribution is -2.50. The van der Waals surface area contributed by atoms with Crippen LogP contribution in [0.2, 0.25) is 0 Å². The summed E-state index contributed by atoms with van der Waals surface area (Å²) < 4.78 is 5.73. The summed E-state index contributed by atoms with van der Waals surface area (Å²) in [6.07, 6.45) is 3.60. The molecule has 1 amide bonds. The number of amides is 1. The quantitative estimate of drug-likeness (QED) is 0.828. The van der Waals surface area contributed by atoms with E-state index in [-0.39, 0.29) is 12.5 Å². The highest BCUT2D eigenvalue weighted by Gasteiger charge is 2.21. The third kappa shape index (κ3) is 4.34. The first-order chi connectivity index (χ1) is 12.5. The van der Waals surface area contributed by atoms with E-state index in [0.29, 0.717) is 5.92 Å². The Kier molecular flexibility index (Phi) is 5.76. The fourth-order valence-corrected chi connectivity index (χ4v) is 3.39. The molecule has 1 aromatic heterocycles. The minimum Gasteiger partial charge on any atom is -0.484 e. The maximum absolute atomic E-state index is 12.4. The zero-order valence-electron chi connectivity index (χ0n) is 15.8. The SMILES string of the molecule is Cc1cc(OCC(=O)N2CCN(c3ccncc3)CC2)ccc1C(C)C. The first-order valence-electron chi connectivity index (χ1n) is 9.20. The van der Waals surface area contributed by atoms with Crippen LogP contribution < -0.4 is 9.64 Å². The van der Waals surface area contributed by atoms with Crippen LogP contribution in [0.5, 0.6) is 5.75 Å². The largest absolute Gasteiger partial charge is 0.484 e. The molecule has 0 radical (unpaired) electrons. The number of ether oxygens (including phenoxy) is 1. The molecule has 1 saturated heterocycles. The maximum Gasteiger partial charge on any atom is 0.260 e. The second-order valence-corrected chi connectivity index (χ2v) is 7.04. The highest BCUT2D eigenvalue weighted by molar-refractivity contribution is 5.78. The van der Waals surface area contributed by atoms with E-state index in [9.17, 15) is 4.79 Å². The van der Waals surface area contributed by atoms with Crippen LogP contribution in [-0.2, 0) is 4.79 Å². The van der Waals surface area contributed by atoms with Gasteiger partial charge in [-0.05, 0) is 48.2 Å². The summed E-state index contributed by atoms with van der Waals surface area (Å²) in [5, 5.41) is 0. The highest BCUT2D eigenvalue weighted by Crippen LogP contribution is 2.23. The van der Waals surface area contributed by atoms with E-state index in [1.54, 1.807) is 12.4 Å². The summed E-state index contributed by atoms with van der Waals surface area (Å²) in [6, 6.07) is 10.1. The van der Waals surface area contributed by atoms with Gasteiger partial charge in [-0.3, -0.25) is 9.78 Å². The Hall–Kier alpha value is -2.56. The number of rotatable bonds is 5. The predicted octanol–water partition coefficient (Wildman–Crippen LogP) is 3.24. The summed E-state index contributed by atoms with van der Waals surface area (Å²) in [5.74, 6) is 1.29. The Morgan fingerprint density at radius 3 is 2.42 bits per heavy atom. The molecule has 1 aliphatic rings. The molecule has 1 fully saturated rings. The predicted molar refractivity (Wildman–Crippen MR) is 104 cm³/mol. The van der Waals surface area contributed by atoms with E-state index in [0.717, 1.165) is 37.6 Å². The number of pyridine rings is 1. The average molecular weight is 353 g/mol. The lowest BCUT2D eigenvalue weighted by molar-refractivity contribution is -0.133. The Bertz CT molecular complexity index is 738. The third-order valence-corrected chi connectivity index (χ3v) is 4.89. The van der Waals surface area contributed by atoms with E-state index < -0.39 is 0 Å². The van der Waals surface area contributed by atoms with Crippen molar-refractivity contribution in [2.45, 2.75) is 26.7 Å². The number of anilines is 1. The van der Waals surface area contributed by atoms with Crippen LogP contribution in [0.3, 0.4) is 0 Å². The van der Waals surface area contributed by atoms with Crippen LogP contribution in [0.15, 0.2) is 42.7 Å². The van der Waals surface area contributed by atoms with Crippen molar-refractivity contribution in [2.75, 3.05) is 37.7 Å². The number of benzene rings is 1. The first-order valence-corrected chi connectivity index (χ1v) is 9.20. The monoisotopic (exact) mass is 353 g/mol. The van der Waals surface area contributed by atoms with Crippen molar-refractivity contribution in [2.24, 2.45) is 0 Å². The lowest BCUT2D eigenvalue weighted by atomic mass is 9.98. The number of hydrogen-bond acceptors (Lipinski definition) is 4. The van der Waals surface area contributed by atoms with Gasteiger partial charge >= 0.3 is 0 Å². The Labute approximate surface area is 155 Å². The van der Waals surface area contributed by atoms with Crippen LogP contribution in [0, 0.1) is 6.92 Å². The van der Waals surface area contributed by atoms with Gasteiger partial charge in [0.1, 0.15) is 5.75 Å². The number of piperazine rings is 1. The van der Waals surface area contributed by atoms with Gasteiger partial charge in [-0.25, -0.2) is 0 Å². The fourth-order valence-electron chi connectivity index (χ4n) is 3.39. The first kappa shape index (κ1) is 18.2. The highest BCUT2D eigenvalue weighted by atomic mass is 16.5. The second kappa shape index (κ2) is 8.21. The molecule has 2 heterocycles. The molecule has 5 heteroatoms. The number of nitrogens with zero attached hydrogens (tertiary/aromatic N) is 3. The molecule has 0 saturated carbocycles. The third-order valence-electron chi connectivity index (χ3n) is 4.89. The van der Waals surface area contributed by atoms with Gasteiger partial charge in [0.15, 0.2) is 6.61 Å². The number of hydrogen-bond donors (Lipinski definition) is 0. The molecular formula is C21H27N3O2. The number of aryl methyl sites for hydroxylation is 1. The van der Waals surface area contributed by atoms with Crippen LogP contribution in [0.4, 0.5) is 5.69 Å². The molecule has 0 N–H and O–H groups in total. The molecule has 26 heavy (non-hydrogen) atoms.